The molecule has 2 heteroatoms. The van der Waals surface area contributed by atoms with Crippen molar-refractivity contribution in [3.05, 3.63) is 0 Å². The van der Waals surface area contributed by atoms with Gasteiger partial charge < -0.3 is 10.4 Å². The van der Waals surface area contributed by atoms with E-state index in [1.54, 1.807) is 0 Å². The lowest BCUT2D eigenvalue weighted by Gasteiger charge is -2.41. The van der Waals surface area contributed by atoms with Gasteiger partial charge in [-0.3, -0.25) is 0 Å². The number of hydrogen-bond donors (Lipinski definition) is 2. The fraction of sp³-hybridized carbons (Fsp3) is 1.00. The van der Waals surface area contributed by atoms with Crippen LogP contribution in [0.2, 0.25) is 0 Å². The van der Waals surface area contributed by atoms with Crippen molar-refractivity contribution < 1.29 is 5.11 Å². The summed E-state index contributed by atoms with van der Waals surface area (Å²) in [4.78, 5) is 0. The first kappa shape index (κ1) is 15.3. The van der Waals surface area contributed by atoms with Crippen molar-refractivity contribution in [2.45, 2.75) is 77.7 Å². The highest BCUT2D eigenvalue weighted by Crippen LogP contribution is 2.40. The smallest absolute Gasteiger partial charge is 0.0499 e. The van der Waals surface area contributed by atoms with E-state index in [1.165, 1.54) is 44.9 Å². The van der Waals surface area contributed by atoms with Crippen LogP contribution < -0.4 is 5.32 Å². The van der Waals surface area contributed by atoms with Crippen LogP contribution in [0, 0.1) is 17.3 Å². The molecular formula is C17H33NO. The van der Waals surface area contributed by atoms with Crippen LogP contribution >= 0.6 is 0 Å². The van der Waals surface area contributed by atoms with E-state index in [2.05, 4.69) is 19.2 Å². The van der Waals surface area contributed by atoms with Crippen molar-refractivity contribution in [3.8, 4) is 0 Å². The summed E-state index contributed by atoms with van der Waals surface area (Å²) in [5.74, 6) is 2.03. The van der Waals surface area contributed by atoms with Crippen molar-refractivity contribution >= 4 is 0 Å². The summed E-state index contributed by atoms with van der Waals surface area (Å²) >= 11 is 0. The van der Waals surface area contributed by atoms with E-state index in [0.717, 1.165) is 31.2 Å². The summed E-state index contributed by atoms with van der Waals surface area (Å²) in [6.07, 6.45) is 12.2. The fourth-order valence-electron chi connectivity index (χ4n) is 4.20. The monoisotopic (exact) mass is 267 g/mol. The second kappa shape index (κ2) is 7.08. The molecule has 2 rings (SSSR count). The molecule has 112 valence electrons. The molecule has 2 aliphatic rings. The lowest BCUT2D eigenvalue weighted by atomic mass is 9.69. The molecular weight excluding hydrogens is 234 g/mol. The van der Waals surface area contributed by atoms with Crippen molar-refractivity contribution in [2.24, 2.45) is 17.3 Å². The predicted molar refractivity (Wildman–Crippen MR) is 81.2 cm³/mol. The van der Waals surface area contributed by atoms with E-state index >= 15 is 0 Å². The van der Waals surface area contributed by atoms with Gasteiger partial charge in [-0.25, -0.2) is 0 Å². The van der Waals surface area contributed by atoms with Gasteiger partial charge in [0.2, 0.25) is 0 Å². The van der Waals surface area contributed by atoms with Crippen molar-refractivity contribution in [1.82, 2.24) is 5.32 Å². The van der Waals surface area contributed by atoms with Crippen molar-refractivity contribution in [1.29, 1.82) is 0 Å². The number of nitrogens with one attached hydrogen (secondary N) is 1. The molecule has 0 amide bonds. The quantitative estimate of drug-likeness (QED) is 0.768. The lowest BCUT2D eigenvalue weighted by Crippen LogP contribution is -2.45. The van der Waals surface area contributed by atoms with E-state index in [0.29, 0.717) is 12.6 Å². The summed E-state index contributed by atoms with van der Waals surface area (Å²) < 4.78 is 0. The maximum absolute atomic E-state index is 9.65. The second-order valence-corrected chi connectivity index (χ2v) is 7.06. The molecule has 2 nitrogen and oxygen atoms in total. The summed E-state index contributed by atoms with van der Waals surface area (Å²) in [7, 11) is 0. The molecule has 19 heavy (non-hydrogen) atoms. The van der Waals surface area contributed by atoms with E-state index < -0.39 is 0 Å². The maximum Gasteiger partial charge on any atom is 0.0499 e. The highest BCUT2D eigenvalue weighted by atomic mass is 16.3. The molecule has 2 fully saturated rings. The Morgan fingerprint density at radius 2 is 1.68 bits per heavy atom. The molecule has 0 spiro atoms. The van der Waals surface area contributed by atoms with Gasteiger partial charge in [-0.1, -0.05) is 39.5 Å². The Morgan fingerprint density at radius 3 is 2.32 bits per heavy atom. The Labute approximate surface area is 119 Å². The molecule has 2 saturated carbocycles. The molecule has 0 aromatic heterocycles. The molecule has 0 bridgehead atoms. The Bertz CT molecular complexity index is 254. The van der Waals surface area contributed by atoms with Crippen LogP contribution in [0.15, 0.2) is 0 Å². The van der Waals surface area contributed by atoms with Gasteiger partial charge in [0.25, 0.3) is 0 Å². The van der Waals surface area contributed by atoms with Gasteiger partial charge in [0.1, 0.15) is 0 Å². The zero-order valence-corrected chi connectivity index (χ0v) is 13.0. The van der Waals surface area contributed by atoms with E-state index in [1.807, 2.05) is 0 Å². The van der Waals surface area contributed by atoms with Crippen LogP contribution in [0.3, 0.4) is 0 Å². The summed E-state index contributed by atoms with van der Waals surface area (Å²) in [6.45, 7) is 5.74. The topological polar surface area (TPSA) is 32.3 Å². The number of hydrogen-bond acceptors (Lipinski definition) is 2. The Balaban J connectivity index is 1.80. The number of aliphatic hydroxyl groups is 1. The van der Waals surface area contributed by atoms with E-state index in [-0.39, 0.29) is 5.41 Å². The first-order chi connectivity index (χ1) is 9.23. The van der Waals surface area contributed by atoms with Crippen molar-refractivity contribution in [3.63, 3.8) is 0 Å². The molecule has 0 heterocycles. The molecule has 0 aromatic rings. The third kappa shape index (κ3) is 3.72. The summed E-state index contributed by atoms with van der Waals surface area (Å²) in [6, 6.07) is 0.711. The molecule has 2 N–H and O–H groups in total. The number of fused-ring (bicyclic) bond motifs is 1. The van der Waals surface area contributed by atoms with Crippen molar-refractivity contribution in [2.75, 3.05) is 13.2 Å². The van der Waals surface area contributed by atoms with E-state index in [9.17, 15) is 5.11 Å². The standard InChI is InChI=1S/C17H33NO/c1-3-17(4-2,13-19)12-18-16-10-9-14-7-5-6-8-15(14)11-16/h14-16,18-19H,3-13H2,1-2H3. The van der Waals surface area contributed by atoms with Crippen LogP contribution in [0.1, 0.15) is 71.6 Å². The van der Waals surface area contributed by atoms with Crippen LogP contribution in [-0.4, -0.2) is 24.3 Å². The molecule has 2 aliphatic carbocycles. The highest BCUT2D eigenvalue weighted by Gasteiger charge is 2.33. The minimum Gasteiger partial charge on any atom is -0.396 e. The molecule has 0 radical (unpaired) electrons. The molecule has 0 saturated heterocycles. The van der Waals surface area contributed by atoms with Gasteiger partial charge in [0.05, 0.1) is 0 Å². The summed E-state index contributed by atoms with van der Waals surface area (Å²) in [5, 5.41) is 13.4. The van der Waals surface area contributed by atoms with Crippen LogP contribution in [0.25, 0.3) is 0 Å². The van der Waals surface area contributed by atoms with Crippen LogP contribution in [0.5, 0.6) is 0 Å². The first-order valence-corrected chi connectivity index (χ1v) is 8.57. The van der Waals surface area contributed by atoms with Crippen LogP contribution in [-0.2, 0) is 0 Å². The minimum absolute atomic E-state index is 0.114. The maximum atomic E-state index is 9.65. The second-order valence-electron chi connectivity index (χ2n) is 7.06. The zero-order valence-electron chi connectivity index (χ0n) is 13.0. The first-order valence-electron chi connectivity index (χ1n) is 8.57. The third-order valence-electron chi connectivity index (χ3n) is 6.14. The Hall–Kier alpha value is -0.0800. The highest BCUT2D eigenvalue weighted by molar-refractivity contribution is 4.88. The largest absolute Gasteiger partial charge is 0.396 e. The van der Waals surface area contributed by atoms with Gasteiger partial charge in [-0.15, -0.1) is 0 Å². The summed E-state index contributed by atoms with van der Waals surface area (Å²) in [5.41, 5.74) is 0.114. The average Bonchev–Trinajstić information content (AvgIpc) is 2.49. The number of rotatable bonds is 6. The molecule has 3 unspecified atom stereocenters. The lowest BCUT2D eigenvalue weighted by molar-refractivity contribution is 0.0944. The Kier molecular flexibility index (Phi) is 5.70. The fourth-order valence-corrected chi connectivity index (χ4v) is 4.20. The average molecular weight is 267 g/mol. The van der Waals surface area contributed by atoms with Gasteiger partial charge in [0.15, 0.2) is 0 Å². The van der Waals surface area contributed by atoms with Gasteiger partial charge in [-0.2, -0.15) is 0 Å². The van der Waals surface area contributed by atoms with Gasteiger partial charge >= 0.3 is 0 Å². The van der Waals surface area contributed by atoms with Gasteiger partial charge in [-0.05, 0) is 43.9 Å². The van der Waals surface area contributed by atoms with Crippen LogP contribution in [0.4, 0.5) is 0 Å². The third-order valence-corrected chi connectivity index (χ3v) is 6.14. The van der Waals surface area contributed by atoms with Gasteiger partial charge in [0, 0.05) is 24.6 Å². The normalized spacial score (nSPS) is 32.1. The Morgan fingerprint density at radius 1 is 1.00 bits per heavy atom. The number of aliphatic hydroxyl groups excluding tert-OH is 1. The zero-order chi connectivity index (χ0) is 13.7. The molecule has 0 aromatic carbocycles. The minimum atomic E-state index is 0.114. The van der Waals surface area contributed by atoms with E-state index in [4.69, 9.17) is 0 Å². The molecule has 0 aliphatic heterocycles. The predicted octanol–water partition coefficient (Wildman–Crippen LogP) is 3.73. The molecule has 3 atom stereocenters. The SMILES string of the molecule is CCC(CC)(CO)CNC1CCC2CCCCC2C1.